The van der Waals surface area contributed by atoms with Crippen molar-refractivity contribution in [3.05, 3.63) is 52.0 Å². The molecule has 3 N–H and O–H groups in total. The molecule has 0 aliphatic carbocycles. The van der Waals surface area contributed by atoms with Crippen molar-refractivity contribution in [2.45, 2.75) is 4.90 Å². The number of hydrogen-bond acceptors (Lipinski definition) is 4. The van der Waals surface area contributed by atoms with E-state index in [2.05, 4.69) is 21.2 Å². The van der Waals surface area contributed by atoms with Crippen LogP contribution in [0.1, 0.15) is 0 Å². The highest BCUT2D eigenvalue weighted by molar-refractivity contribution is 9.10. The highest BCUT2D eigenvalue weighted by Gasteiger charge is 2.09. The largest absolute Gasteiger partial charge is 0.482 e. The van der Waals surface area contributed by atoms with Crippen molar-refractivity contribution in [1.29, 1.82) is 0 Å². The van der Waals surface area contributed by atoms with Gasteiger partial charge in [0.25, 0.3) is 5.91 Å². The number of nitrogens with two attached hydrogens (primary N) is 1. The van der Waals surface area contributed by atoms with Gasteiger partial charge < -0.3 is 10.1 Å². The Kier molecular flexibility index (Phi) is 5.64. The Morgan fingerprint density at radius 2 is 1.87 bits per heavy atom. The molecule has 0 aliphatic rings. The SMILES string of the molecule is NS(=O)(=O)c1ccc(NC(=O)COc2ccc(Br)cc2Cl)cc1. The van der Waals surface area contributed by atoms with Crippen LogP contribution in [0.5, 0.6) is 5.75 Å². The highest BCUT2D eigenvalue weighted by Crippen LogP contribution is 2.27. The van der Waals surface area contributed by atoms with E-state index in [0.29, 0.717) is 16.5 Å². The van der Waals surface area contributed by atoms with Gasteiger partial charge in [-0.15, -0.1) is 0 Å². The van der Waals surface area contributed by atoms with Gasteiger partial charge in [0.05, 0.1) is 9.92 Å². The second-order valence-electron chi connectivity index (χ2n) is 4.48. The number of amides is 1. The van der Waals surface area contributed by atoms with Gasteiger partial charge in [0, 0.05) is 10.2 Å². The lowest BCUT2D eigenvalue weighted by molar-refractivity contribution is -0.118. The lowest BCUT2D eigenvalue weighted by Crippen LogP contribution is -2.20. The van der Waals surface area contributed by atoms with Crippen molar-refractivity contribution in [2.75, 3.05) is 11.9 Å². The molecule has 2 aromatic carbocycles. The van der Waals surface area contributed by atoms with Gasteiger partial charge in [-0.1, -0.05) is 27.5 Å². The van der Waals surface area contributed by atoms with Crippen molar-refractivity contribution < 1.29 is 17.9 Å². The van der Waals surface area contributed by atoms with E-state index in [0.717, 1.165) is 4.47 Å². The van der Waals surface area contributed by atoms with E-state index in [1.165, 1.54) is 24.3 Å². The molecular formula is C14H12BrClN2O4S. The third-order valence-electron chi connectivity index (χ3n) is 2.72. The van der Waals surface area contributed by atoms with Crippen LogP contribution >= 0.6 is 27.5 Å². The summed E-state index contributed by atoms with van der Waals surface area (Å²) in [6.45, 7) is -0.238. The Morgan fingerprint density at radius 3 is 2.43 bits per heavy atom. The summed E-state index contributed by atoms with van der Waals surface area (Å²) in [7, 11) is -3.76. The number of sulfonamides is 1. The normalized spacial score (nSPS) is 11.1. The van der Waals surface area contributed by atoms with E-state index >= 15 is 0 Å². The lowest BCUT2D eigenvalue weighted by Gasteiger charge is -2.09. The molecule has 23 heavy (non-hydrogen) atoms. The molecule has 0 saturated carbocycles. The van der Waals surface area contributed by atoms with Gasteiger partial charge in [-0.2, -0.15) is 0 Å². The molecule has 2 rings (SSSR count). The molecule has 0 bridgehead atoms. The molecule has 0 spiro atoms. The Balaban J connectivity index is 1.94. The van der Waals surface area contributed by atoms with Crippen LogP contribution in [0.3, 0.4) is 0 Å². The summed E-state index contributed by atoms with van der Waals surface area (Å²) in [5.74, 6) is -0.0260. The van der Waals surface area contributed by atoms with Gasteiger partial charge in [0.1, 0.15) is 5.75 Å². The summed E-state index contributed by atoms with van der Waals surface area (Å²) in [4.78, 5) is 11.8. The van der Waals surface area contributed by atoms with E-state index in [9.17, 15) is 13.2 Å². The van der Waals surface area contributed by atoms with Crippen molar-refractivity contribution in [3.63, 3.8) is 0 Å². The monoisotopic (exact) mass is 418 g/mol. The van der Waals surface area contributed by atoms with E-state index in [-0.39, 0.29) is 11.5 Å². The Bertz CT molecular complexity index is 825. The third kappa shape index (κ3) is 5.21. The van der Waals surface area contributed by atoms with Crippen LogP contribution in [-0.2, 0) is 14.8 Å². The summed E-state index contributed by atoms with van der Waals surface area (Å²) in [5.41, 5.74) is 0.424. The van der Waals surface area contributed by atoms with E-state index < -0.39 is 15.9 Å². The van der Waals surface area contributed by atoms with Crippen LogP contribution in [0.15, 0.2) is 51.8 Å². The van der Waals surface area contributed by atoms with Gasteiger partial charge >= 0.3 is 0 Å². The van der Waals surface area contributed by atoms with Gasteiger partial charge in [-0.25, -0.2) is 13.6 Å². The van der Waals surface area contributed by atoms with E-state index in [1.54, 1.807) is 18.2 Å². The van der Waals surface area contributed by atoms with E-state index in [4.69, 9.17) is 21.5 Å². The lowest BCUT2D eigenvalue weighted by atomic mass is 10.3. The van der Waals surface area contributed by atoms with Gasteiger partial charge in [-0.3, -0.25) is 4.79 Å². The number of rotatable bonds is 5. The molecule has 0 saturated heterocycles. The summed E-state index contributed by atoms with van der Waals surface area (Å²) < 4.78 is 28.4. The first-order valence-corrected chi connectivity index (χ1v) is 8.98. The summed E-state index contributed by atoms with van der Waals surface area (Å²) >= 11 is 9.25. The fourth-order valence-corrected chi connectivity index (χ4v) is 2.90. The number of hydrogen-bond donors (Lipinski definition) is 2. The minimum absolute atomic E-state index is 0.0339. The molecule has 0 radical (unpaired) electrons. The standard InChI is InChI=1S/C14H12BrClN2O4S/c15-9-1-6-13(12(16)7-9)22-8-14(19)18-10-2-4-11(5-3-10)23(17,20)21/h1-7H,8H2,(H,18,19)(H2,17,20,21). The zero-order chi connectivity index (χ0) is 17.0. The first-order chi connectivity index (χ1) is 10.8. The maximum atomic E-state index is 11.8. The number of ether oxygens (including phenoxy) is 1. The average molecular weight is 420 g/mol. The van der Waals surface area contributed by atoms with Gasteiger partial charge in [0.2, 0.25) is 10.0 Å². The summed E-state index contributed by atoms with van der Waals surface area (Å²) in [6.07, 6.45) is 0. The number of anilines is 1. The van der Waals surface area contributed by atoms with Crippen LogP contribution < -0.4 is 15.2 Å². The molecule has 0 atom stereocenters. The van der Waals surface area contributed by atoms with E-state index in [1.807, 2.05) is 0 Å². The predicted molar refractivity (Wildman–Crippen MR) is 91.1 cm³/mol. The summed E-state index contributed by atoms with van der Waals surface area (Å²) in [5, 5.41) is 7.94. The topological polar surface area (TPSA) is 98.5 Å². The molecule has 1 amide bonds. The molecule has 0 heterocycles. The third-order valence-corrected chi connectivity index (χ3v) is 4.44. The van der Waals surface area contributed by atoms with Crippen LogP contribution in [-0.4, -0.2) is 20.9 Å². The van der Waals surface area contributed by atoms with Crippen molar-refractivity contribution in [2.24, 2.45) is 5.14 Å². The molecule has 0 fully saturated rings. The first kappa shape index (κ1) is 17.7. The van der Waals surface area contributed by atoms with Crippen LogP contribution in [0.25, 0.3) is 0 Å². The number of carbonyl (C=O) groups excluding carboxylic acids is 1. The Labute approximate surface area is 146 Å². The minimum Gasteiger partial charge on any atom is -0.482 e. The van der Waals surface area contributed by atoms with Gasteiger partial charge in [-0.05, 0) is 42.5 Å². The predicted octanol–water partition coefficient (Wildman–Crippen LogP) is 2.77. The summed E-state index contributed by atoms with van der Waals surface area (Å²) in [6, 6.07) is 10.5. The molecule has 0 aromatic heterocycles. The second-order valence-corrected chi connectivity index (χ2v) is 7.37. The van der Waals surface area contributed by atoms with Crippen LogP contribution in [0, 0.1) is 0 Å². The Hall–Kier alpha value is -1.61. The molecule has 0 unspecified atom stereocenters. The zero-order valence-corrected chi connectivity index (χ0v) is 14.8. The number of primary sulfonamides is 1. The number of nitrogens with one attached hydrogen (secondary N) is 1. The average Bonchev–Trinajstić information content (AvgIpc) is 2.46. The second kappa shape index (κ2) is 7.31. The number of carbonyl (C=O) groups is 1. The minimum atomic E-state index is -3.76. The van der Waals surface area contributed by atoms with Crippen molar-refractivity contribution in [3.8, 4) is 5.75 Å². The zero-order valence-electron chi connectivity index (χ0n) is 11.6. The first-order valence-electron chi connectivity index (χ1n) is 6.26. The van der Waals surface area contributed by atoms with Gasteiger partial charge in [0.15, 0.2) is 6.61 Å². The number of halogens is 2. The molecule has 2 aromatic rings. The fraction of sp³-hybridized carbons (Fsp3) is 0.0714. The molecule has 122 valence electrons. The maximum absolute atomic E-state index is 11.8. The Morgan fingerprint density at radius 1 is 1.22 bits per heavy atom. The van der Waals surface area contributed by atoms with Crippen LogP contribution in [0.2, 0.25) is 5.02 Å². The molecular weight excluding hydrogens is 408 g/mol. The molecule has 9 heteroatoms. The fourth-order valence-electron chi connectivity index (χ4n) is 1.66. The van der Waals surface area contributed by atoms with Crippen molar-refractivity contribution in [1.82, 2.24) is 0 Å². The molecule has 0 aliphatic heterocycles. The van der Waals surface area contributed by atoms with Crippen molar-refractivity contribution >= 4 is 49.1 Å². The quantitative estimate of drug-likeness (QED) is 0.778. The smallest absolute Gasteiger partial charge is 0.262 e. The molecule has 6 nitrogen and oxygen atoms in total. The maximum Gasteiger partial charge on any atom is 0.262 e. The van der Waals surface area contributed by atoms with Crippen LogP contribution in [0.4, 0.5) is 5.69 Å². The highest BCUT2D eigenvalue weighted by atomic mass is 79.9. The number of benzene rings is 2.